The van der Waals surface area contributed by atoms with Crippen LogP contribution in [0.4, 0.5) is 0 Å². The fourth-order valence-corrected chi connectivity index (χ4v) is 3.71. The van der Waals surface area contributed by atoms with Gasteiger partial charge in [-0.25, -0.2) is 0 Å². The minimum atomic E-state index is -0.310. The molecule has 136 valence electrons. The highest BCUT2D eigenvalue weighted by atomic mass is 16.5. The van der Waals surface area contributed by atoms with Crippen molar-refractivity contribution in [2.75, 3.05) is 13.1 Å². The number of phenols is 1. The maximum atomic E-state index is 10.4. The quantitative estimate of drug-likeness (QED) is 0.739. The van der Waals surface area contributed by atoms with Crippen LogP contribution in [0.3, 0.4) is 0 Å². The van der Waals surface area contributed by atoms with E-state index in [2.05, 4.69) is 43.9 Å². The molecule has 3 nitrogen and oxygen atoms in total. The minimum Gasteiger partial charge on any atom is -0.507 e. The Morgan fingerprint density at radius 2 is 2.00 bits per heavy atom. The Bertz CT molecular complexity index is 667. The molecule has 0 aliphatic carbocycles. The number of hydrogen-bond donors (Lipinski definition) is 1. The van der Waals surface area contributed by atoms with Gasteiger partial charge in [0.25, 0.3) is 0 Å². The van der Waals surface area contributed by atoms with Crippen molar-refractivity contribution in [3.63, 3.8) is 0 Å². The molecule has 1 fully saturated rings. The summed E-state index contributed by atoms with van der Waals surface area (Å²) in [5.41, 5.74) is 2.97. The first-order valence-corrected chi connectivity index (χ1v) is 9.55. The summed E-state index contributed by atoms with van der Waals surface area (Å²) in [4.78, 5) is 2.47. The predicted octanol–water partition coefficient (Wildman–Crippen LogP) is 5.29. The summed E-state index contributed by atoms with van der Waals surface area (Å²) in [5.74, 6) is 1.14. The van der Waals surface area contributed by atoms with E-state index >= 15 is 0 Å². The number of rotatable bonds is 5. The highest BCUT2D eigenvalue weighted by Crippen LogP contribution is 2.39. The molecule has 3 heteroatoms. The van der Waals surface area contributed by atoms with Crippen LogP contribution in [0.1, 0.15) is 64.0 Å². The van der Waals surface area contributed by atoms with Gasteiger partial charge in [-0.1, -0.05) is 18.1 Å². The Morgan fingerprint density at radius 1 is 1.24 bits per heavy atom. The Hall–Kier alpha value is -1.74. The first-order chi connectivity index (χ1) is 12.0. The molecular weight excluding hydrogens is 310 g/mol. The van der Waals surface area contributed by atoms with Crippen LogP contribution in [0.5, 0.6) is 11.5 Å². The molecule has 0 saturated carbocycles. The van der Waals surface area contributed by atoms with Gasteiger partial charge in [0.2, 0.25) is 0 Å². The summed E-state index contributed by atoms with van der Waals surface area (Å²) < 4.78 is 6.32. The van der Waals surface area contributed by atoms with E-state index in [1.54, 1.807) is 0 Å². The van der Waals surface area contributed by atoms with Gasteiger partial charge in [-0.05, 0) is 89.4 Å². The highest BCUT2D eigenvalue weighted by molar-refractivity contribution is 5.67. The van der Waals surface area contributed by atoms with Crippen LogP contribution in [-0.4, -0.2) is 28.7 Å². The third kappa shape index (κ3) is 4.66. The number of fused-ring (bicyclic) bond motifs is 1. The van der Waals surface area contributed by atoms with Gasteiger partial charge in [0.1, 0.15) is 17.1 Å². The van der Waals surface area contributed by atoms with E-state index in [0.717, 1.165) is 49.4 Å². The second-order valence-corrected chi connectivity index (χ2v) is 7.93. The molecule has 1 aromatic carbocycles. The van der Waals surface area contributed by atoms with Crippen molar-refractivity contribution >= 4 is 6.08 Å². The third-order valence-electron chi connectivity index (χ3n) is 5.17. The number of hydrogen-bond acceptors (Lipinski definition) is 3. The van der Waals surface area contributed by atoms with E-state index in [4.69, 9.17) is 4.74 Å². The van der Waals surface area contributed by atoms with E-state index in [-0.39, 0.29) is 5.60 Å². The van der Waals surface area contributed by atoms with E-state index in [0.29, 0.717) is 5.75 Å². The number of ether oxygens (including phenoxy) is 1. The third-order valence-corrected chi connectivity index (χ3v) is 5.17. The number of aromatic hydroxyl groups is 1. The van der Waals surface area contributed by atoms with Crippen molar-refractivity contribution in [3.8, 4) is 11.5 Å². The predicted molar refractivity (Wildman–Crippen MR) is 104 cm³/mol. The van der Waals surface area contributed by atoms with E-state index in [1.165, 1.54) is 24.8 Å². The normalized spacial score (nSPS) is 23.0. The van der Waals surface area contributed by atoms with Gasteiger partial charge in [-0.2, -0.15) is 0 Å². The zero-order valence-corrected chi connectivity index (χ0v) is 15.8. The lowest BCUT2D eigenvalue weighted by atomic mass is 9.94. The number of piperidine rings is 1. The molecule has 25 heavy (non-hydrogen) atoms. The van der Waals surface area contributed by atoms with Gasteiger partial charge in [-0.15, -0.1) is 0 Å². The summed E-state index contributed by atoms with van der Waals surface area (Å²) >= 11 is 0. The first kappa shape index (κ1) is 18.1. The Labute approximate surface area is 152 Å². The summed E-state index contributed by atoms with van der Waals surface area (Å²) in [6.45, 7) is 9.57. The Kier molecular flexibility index (Phi) is 5.53. The summed E-state index contributed by atoms with van der Waals surface area (Å²) in [5, 5.41) is 10.4. The zero-order valence-electron chi connectivity index (χ0n) is 15.8. The molecule has 1 saturated heterocycles. The number of benzene rings is 1. The van der Waals surface area contributed by atoms with Gasteiger partial charge in [0, 0.05) is 6.54 Å². The summed E-state index contributed by atoms with van der Waals surface area (Å²) in [6, 6.07) is 4.01. The largest absolute Gasteiger partial charge is 0.507 e. The monoisotopic (exact) mass is 341 g/mol. The summed E-state index contributed by atoms with van der Waals surface area (Å²) in [6.07, 6.45) is 12.2. The fraction of sp³-hybridized carbons (Fsp3) is 0.545. The number of phenolic OH excluding ortho intramolecular Hbond substituents is 1. The smallest absolute Gasteiger partial charge is 0.131 e. The average Bonchev–Trinajstić information content (AvgIpc) is 2.54. The van der Waals surface area contributed by atoms with Crippen LogP contribution >= 0.6 is 0 Å². The number of likely N-dealkylation sites (tertiary alicyclic amines) is 1. The van der Waals surface area contributed by atoms with Crippen molar-refractivity contribution < 1.29 is 9.84 Å². The van der Waals surface area contributed by atoms with Gasteiger partial charge in [0.15, 0.2) is 0 Å². The van der Waals surface area contributed by atoms with Crippen LogP contribution in [0.15, 0.2) is 29.9 Å². The molecule has 0 radical (unpaired) electrons. The van der Waals surface area contributed by atoms with Gasteiger partial charge < -0.3 is 9.84 Å². The molecule has 0 bridgehead atoms. The lowest BCUT2D eigenvalue weighted by Gasteiger charge is -2.32. The van der Waals surface area contributed by atoms with Crippen LogP contribution in [0, 0.1) is 0 Å². The van der Waals surface area contributed by atoms with Crippen molar-refractivity contribution in [1.82, 2.24) is 4.90 Å². The molecule has 1 atom stereocenters. The SMILES string of the molecule is CC(C)=CCCC1(C)C=Cc2c(O)cc(CN3CCCCC3)cc2O1. The highest BCUT2D eigenvalue weighted by Gasteiger charge is 2.28. The maximum Gasteiger partial charge on any atom is 0.131 e. The lowest BCUT2D eigenvalue weighted by Crippen LogP contribution is -2.32. The molecule has 0 aromatic heterocycles. The van der Waals surface area contributed by atoms with Gasteiger partial charge in [-0.3, -0.25) is 4.90 Å². The zero-order chi connectivity index (χ0) is 17.9. The molecule has 1 aromatic rings. The minimum absolute atomic E-state index is 0.310. The molecular formula is C22H31NO2. The molecule has 3 rings (SSSR count). The molecule has 2 aliphatic heterocycles. The fourth-order valence-electron chi connectivity index (χ4n) is 3.71. The van der Waals surface area contributed by atoms with E-state index < -0.39 is 0 Å². The molecule has 2 heterocycles. The number of nitrogens with zero attached hydrogens (tertiary/aromatic N) is 1. The van der Waals surface area contributed by atoms with Crippen molar-refractivity contribution in [3.05, 3.63) is 41.0 Å². The molecule has 0 amide bonds. The molecule has 1 N–H and O–H groups in total. The topological polar surface area (TPSA) is 32.7 Å². The Morgan fingerprint density at radius 3 is 2.72 bits per heavy atom. The Balaban J connectivity index is 1.74. The summed E-state index contributed by atoms with van der Waals surface area (Å²) in [7, 11) is 0. The second-order valence-electron chi connectivity index (χ2n) is 7.93. The average molecular weight is 341 g/mol. The first-order valence-electron chi connectivity index (χ1n) is 9.55. The van der Waals surface area contributed by atoms with Gasteiger partial charge in [0.05, 0.1) is 5.56 Å². The van der Waals surface area contributed by atoms with E-state index in [9.17, 15) is 5.11 Å². The molecule has 1 unspecified atom stereocenters. The van der Waals surface area contributed by atoms with Gasteiger partial charge >= 0.3 is 0 Å². The second kappa shape index (κ2) is 7.65. The van der Waals surface area contributed by atoms with Crippen LogP contribution in [-0.2, 0) is 6.54 Å². The molecule has 0 spiro atoms. The number of allylic oxidation sites excluding steroid dienone is 2. The van der Waals surface area contributed by atoms with Crippen molar-refractivity contribution in [1.29, 1.82) is 0 Å². The molecule has 2 aliphatic rings. The van der Waals surface area contributed by atoms with Crippen LogP contribution in [0.2, 0.25) is 0 Å². The van der Waals surface area contributed by atoms with Crippen LogP contribution < -0.4 is 4.74 Å². The van der Waals surface area contributed by atoms with Crippen molar-refractivity contribution in [2.45, 2.75) is 65.0 Å². The van der Waals surface area contributed by atoms with Crippen LogP contribution in [0.25, 0.3) is 6.08 Å². The van der Waals surface area contributed by atoms with E-state index in [1.807, 2.05) is 12.1 Å². The lowest BCUT2D eigenvalue weighted by molar-refractivity contribution is 0.128. The van der Waals surface area contributed by atoms with Crippen molar-refractivity contribution in [2.24, 2.45) is 0 Å². The maximum absolute atomic E-state index is 10.4. The standard InChI is InChI=1S/C22H31NO2/c1-17(2)8-7-10-22(3)11-9-19-20(24)14-18(15-21(19)25-22)16-23-12-5-4-6-13-23/h8-9,11,14-15,24H,4-7,10,12-13,16H2,1-3H3.